The second-order valence-electron chi connectivity index (χ2n) is 4.24. The maximum absolute atomic E-state index is 11.9. The van der Waals surface area contributed by atoms with Crippen molar-refractivity contribution < 1.29 is 4.79 Å². The number of hydrogen-bond donors (Lipinski definition) is 2. The topological polar surface area (TPSA) is 55.1 Å². The highest BCUT2D eigenvalue weighted by atomic mass is 16.1. The molecule has 0 aliphatic rings. The summed E-state index contributed by atoms with van der Waals surface area (Å²) in [6.07, 6.45) is 0. The Morgan fingerprint density at radius 2 is 1.89 bits per heavy atom. The van der Waals surface area contributed by atoms with Crippen molar-refractivity contribution in [3.63, 3.8) is 0 Å². The van der Waals surface area contributed by atoms with Crippen LogP contribution in [0.3, 0.4) is 0 Å². The van der Waals surface area contributed by atoms with Crippen molar-refractivity contribution in [3.05, 3.63) is 65.2 Å². The first-order valence-electron chi connectivity index (χ1n) is 5.85. The number of aryl methyl sites for hydroxylation is 1. The zero-order valence-corrected chi connectivity index (χ0v) is 10.3. The van der Waals surface area contributed by atoms with Crippen molar-refractivity contribution in [2.75, 3.05) is 5.73 Å². The lowest BCUT2D eigenvalue weighted by Crippen LogP contribution is -2.22. The molecule has 2 aromatic carbocycles. The quantitative estimate of drug-likeness (QED) is 0.810. The van der Waals surface area contributed by atoms with Crippen LogP contribution in [0.4, 0.5) is 5.69 Å². The van der Waals surface area contributed by atoms with Crippen LogP contribution in [0, 0.1) is 6.92 Å². The average Bonchev–Trinajstić information content (AvgIpc) is 2.40. The van der Waals surface area contributed by atoms with Gasteiger partial charge in [-0.05, 0) is 36.2 Å². The number of rotatable bonds is 3. The zero-order valence-electron chi connectivity index (χ0n) is 10.3. The van der Waals surface area contributed by atoms with Crippen LogP contribution in [0.5, 0.6) is 0 Å². The Labute approximate surface area is 107 Å². The van der Waals surface area contributed by atoms with E-state index in [9.17, 15) is 4.79 Å². The van der Waals surface area contributed by atoms with Crippen LogP contribution in [0.25, 0.3) is 0 Å². The van der Waals surface area contributed by atoms with Crippen LogP contribution in [0.15, 0.2) is 48.5 Å². The van der Waals surface area contributed by atoms with E-state index in [-0.39, 0.29) is 5.91 Å². The van der Waals surface area contributed by atoms with E-state index in [1.165, 1.54) is 0 Å². The van der Waals surface area contributed by atoms with Crippen LogP contribution < -0.4 is 11.1 Å². The van der Waals surface area contributed by atoms with Crippen molar-refractivity contribution in [2.45, 2.75) is 13.5 Å². The van der Waals surface area contributed by atoms with Gasteiger partial charge in [-0.1, -0.05) is 30.3 Å². The van der Waals surface area contributed by atoms with Crippen LogP contribution in [-0.4, -0.2) is 5.91 Å². The zero-order chi connectivity index (χ0) is 13.0. The fourth-order valence-electron chi connectivity index (χ4n) is 1.70. The van der Waals surface area contributed by atoms with Crippen molar-refractivity contribution >= 4 is 11.6 Å². The number of hydrogen-bond acceptors (Lipinski definition) is 2. The number of nitrogen functional groups attached to an aromatic ring is 1. The van der Waals surface area contributed by atoms with E-state index in [4.69, 9.17) is 5.73 Å². The normalized spacial score (nSPS) is 10.1. The summed E-state index contributed by atoms with van der Waals surface area (Å²) in [5.74, 6) is -0.0815. The molecule has 0 aliphatic carbocycles. The number of carbonyl (C=O) groups is 1. The Kier molecular flexibility index (Phi) is 3.63. The molecule has 2 aromatic rings. The predicted octanol–water partition coefficient (Wildman–Crippen LogP) is 2.51. The minimum absolute atomic E-state index is 0.0815. The molecule has 3 nitrogen and oxygen atoms in total. The molecule has 0 radical (unpaired) electrons. The van der Waals surface area contributed by atoms with Gasteiger partial charge < -0.3 is 11.1 Å². The molecule has 18 heavy (non-hydrogen) atoms. The second-order valence-corrected chi connectivity index (χ2v) is 4.24. The second kappa shape index (κ2) is 5.36. The molecule has 3 heteroatoms. The molecule has 0 bridgehead atoms. The maximum atomic E-state index is 11.9. The first kappa shape index (κ1) is 12.2. The van der Waals surface area contributed by atoms with Gasteiger partial charge in [-0.25, -0.2) is 0 Å². The van der Waals surface area contributed by atoms with E-state index in [0.717, 1.165) is 11.1 Å². The summed E-state index contributed by atoms with van der Waals surface area (Å²) >= 11 is 0. The smallest absolute Gasteiger partial charge is 0.251 e. The lowest BCUT2D eigenvalue weighted by atomic mass is 10.1. The SMILES string of the molecule is Cc1cc(C(=O)NCc2ccccc2)ccc1N. The average molecular weight is 240 g/mol. The number of amides is 1. The van der Waals surface area contributed by atoms with Crippen molar-refractivity contribution in [1.29, 1.82) is 0 Å². The first-order chi connectivity index (χ1) is 8.66. The predicted molar refractivity (Wildman–Crippen MR) is 73.2 cm³/mol. The van der Waals surface area contributed by atoms with Gasteiger partial charge in [-0.2, -0.15) is 0 Å². The molecule has 0 fully saturated rings. The van der Waals surface area contributed by atoms with Crippen molar-refractivity contribution in [1.82, 2.24) is 5.32 Å². The third-order valence-corrected chi connectivity index (χ3v) is 2.83. The number of nitrogens with one attached hydrogen (secondary N) is 1. The minimum atomic E-state index is -0.0815. The largest absolute Gasteiger partial charge is 0.399 e. The third kappa shape index (κ3) is 2.88. The standard InChI is InChI=1S/C15H16N2O/c1-11-9-13(7-8-14(11)16)15(18)17-10-12-5-3-2-4-6-12/h2-9H,10,16H2,1H3,(H,17,18). The summed E-state index contributed by atoms with van der Waals surface area (Å²) in [4.78, 5) is 11.9. The fourth-order valence-corrected chi connectivity index (χ4v) is 1.70. The third-order valence-electron chi connectivity index (χ3n) is 2.83. The molecule has 0 heterocycles. The van der Waals surface area contributed by atoms with Crippen LogP contribution >= 0.6 is 0 Å². The van der Waals surface area contributed by atoms with Crippen LogP contribution in [0.1, 0.15) is 21.5 Å². The lowest BCUT2D eigenvalue weighted by molar-refractivity contribution is 0.0951. The molecule has 3 N–H and O–H groups in total. The van der Waals surface area contributed by atoms with Crippen molar-refractivity contribution in [2.24, 2.45) is 0 Å². The molecular weight excluding hydrogens is 224 g/mol. The maximum Gasteiger partial charge on any atom is 0.251 e. The Bertz CT molecular complexity index is 550. The highest BCUT2D eigenvalue weighted by Gasteiger charge is 2.06. The van der Waals surface area contributed by atoms with Crippen molar-refractivity contribution in [3.8, 4) is 0 Å². The molecule has 1 amide bonds. The summed E-state index contributed by atoms with van der Waals surface area (Å²) in [6.45, 7) is 2.42. The molecular formula is C15H16N2O. The monoisotopic (exact) mass is 240 g/mol. The molecule has 0 saturated carbocycles. The molecule has 0 aliphatic heterocycles. The van der Waals surface area contributed by atoms with Gasteiger partial charge >= 0.3 is 0 Å². The van der Waals surface area contributed by atoms with E-state index < -0.39 is 0 Å². The van der Waals surface area contributed by atoms with E-state index >= 15 is 0 Å². The lowest BCUT2D eigenvalue weighted by Gasteiger charge is -2.07. The summed E-state index contributed by atoms with van der Waals surface area (Å²) in [5.41, 5.74) is 9.06. The molecule has 0 saturated heterocycles. The van der Waals surface area contributed by atoms with Gasteiger partial charge in [0.2, 0.25) is 0 Å². The minimum Gasteiger partial charge on any atom is -0.399 e. The summed E-state index contributed by atoms with van der Waals surface area (Å²) in [7, 11) is 0. The molecule has 0 unspecified atom stereocenters. The molecule has 2 rings (SSSR count). The highest BCUT2D eigenvalue weighted by molar-refractivity contribution is 5.94. The summed E-state index contributed by atoms with van der Waals surface area (Å²) in [6, 6.07) is 15.1. The van der Waals surface area contributed by atoms with Gasteiger partial charge in [-0.3, -0.25) is 4.79 Å². The highest BCUT2D eigenvalue weighted by Crippen LogP contribution is 2.12. The van der Waals surface area contributed by atoms with Gasteiger partial charge in [0.25, 0.3) is 5.91 Å². The summed E-state index contributed by atoms with van der Waals surface area (Å²) < 4.78 is 0. The van der Waals surface area contributed by atoms with Crippen LogP contribution in [-0.2, 0) is 6.54 Å². The van der Waals surface area contributed by atoms with Gasteiger partial charge in [0.1, 0.15) is 0 Å². The van der Waals surface area contributed by atoms with Gasteiger partial charge in [-0.15, -0.1) is 0 Å². The summed E-state index contributed by atoms with van der Waals surface area (Å²) in [5, 5.41) is 2.88. The number of benzene rings is 2. The molecule has 0 aromatic heterocycles. The van der Waals surface area contributed by atoms with E-state index in [2.05, 4.69) is 5.32 Å². The molecule has 92 valence electrons. The van der Waals surface area contributed by atoms with E-state index in [1.54, 1.807) is 18.2 Å². The fraction of sp³-hybridized carbons (Fsp3) is 0.133. The Hall–Kier alpha value is -2.29. The number of nitrogens with two attached hydrogens (primary N) is 1. The Morgan fingerprint density at radius 3 is 2.56 bits per heavy atom. The van der Waals surface area contributed by atoms with E-state index in [1.807, 2.05) is 37.3 Å². The van der Waals surface area contributed by atoms with Crippen LogP contribution in [0.2, 0.25) is 0 Å². The number of anilines is 1. The molecule has 0 atom stereocenters. The van der Waals surface area contributed by atoms with Gasteiger partial charge in [0.15, 0.2) is 0 Å². The first-order valence-corrected chi connectivity index (χ1v) is 5.85. The number of carbonyl (C=O) groups excluding carboxylic acids is 1. The Balaban J connectivity index is 2.02. The Morgan fingerprint density at radius 1 is 1.17 bits per heavy atom. The van der Waals surface area contributed by atoms with Gasteiger partial charge in [0.05, 0.1) is 0 Å². The van der Waals surface area contributed by atoms with E-state index in [0.29, 0.717) is 17.8 Å². The van der Waals surface area contributed by atoms with Gasteiger partial charge in [0, 0.05) is 17.8 Å². The molecule has 0 spiro atoms.